The fraction of sp³-hybridized carbons (Fsp3) is 0.385. The fourth-order valence-electron chi connectivity index (χ4n) is 5.87. The molecule has 0 saturated carbocycles. The van der Waals surface area contributed by atoms with Crippen LogP contribution in [0, 0.1) is 0 Å². The van der Waals surface area contributed by atoms with Gasteiger partial charge in [-0.1, -0.05) is 74.5 Å². The Labute approximate surface area is 266 Å². The zero-order chi connectivity index (χ0) is 30.9. The molecule has 45 heavy (non-hydrogen) atoms. The third-order valence-corrected chi connectivity index (χ3v) is 9.41. The Morgan fingerprint density at radius 3 is 1.22 bits per heavy atom. The standard InChI is InChI=1S/C39H42O6/c1-38(2,28-8-14-33(15-9-28)41-23-36-25-44-36)27-4-6-29(7-5-27)39(3,31-12-18-34(19-13-31)42-24-37-26-45-37)30-10-16-32(17-11-30)40-21-20-35-22-43-35/h4-19,35-37H,20-26H2,1-3H3. The van der Waals surface area contributed by atoms with Crippen LogP contribution in [0.4, 0.5) is 0 Å². The first kappa shape index (κ1) is 29.8. The molecule has 6 nitrogen and oxygen atoms in total. The second kappa shape index (κ2) is 12.5. The predicted octanol–water partition coefficient (Wildman–Crippen LogP) is 7.09. The van der Waals surface area contributed by atoms with Crippen LogP contribution in [-0.2, 0) is 25.0 Å². The van der Waals surface area contributed by atoms with Gasteiger partial charge in [-0.25, -0.2) is 0 Å². The quantitative estimate of drug-likeness (QED) is 0.106. The first-order valence-electron chi connectivity index (χ1n) is 16.0. The summed E-state index contributed by atoms with van der Waals surface area (Å²) in [4.78, 5) is 0. The van der Waals surface area contributed by atoms with Crippen LogP contribution in [0.25, 0.3) is 0 Å². The zero-order valence-electron chi connectivity index (χ0n) is 26.4. The number of epoxide rings is 3. The van der Waals surface area contributed by atoms with Gasteiger partial charge in [-0.2, -0.15) is 0 Å². The Kier molecular flexibility index (Phi) is 8.30. The maximum absolute atomic E-state index is 6.01. The van der Waals surface area contributed by atoms with Gasteiger partial charge < -0.3 is 28.4 Å². The average Bonchev–Trinajstić information content (AvgIpc) is 3.92. The van der Waals surface area contributed by atoms with E-state index in [1.807, 2.05) is 0 Å². The van der Waals surface area contributed by atoms with Crippen LogP contribution in [0.3, 0.4) is 0 Å². The molecule has 7 rings (SSSR count). The van der Waals surface area contributed by atoms with Gasteiger partial charge in [-0.05, 0) is 71.1 Å². The van der Waals surface area contributed by atoms with Crippen molar-refractivity contribution >= 4 is 0 Å². The van der Waals surface area contributed by atoms with Crippen molar-refractivity contribution in [2.45, 2.75) is 56.3 Å². The molecular weight excluding hydrogens is 564 g/mol. The number of benzene rings is 4. The second-order valence-electron chi connectivity index (χ2n) is 13.0. The molecule has 0 spiro atoms. The van der Waals surface area contributed by atoms with E-state index in [1.54, 1.807) is 0 Å². The first-order chi connectivity index (χ1) is 21.9. The van der Waals surface area contributed by atoms with Crippen molar-refractivity contribution in [2.24, 2.45) is 0 Å². The Morgan fingerprint density at radius 2 is 0.822 bits per heavy atom. The minimum atomic E-state index is -0.397. The summed E-state index contributed by atoms with van der Waals surface area (Å²) in [6.07, 6.45) is 1.77. The van der Waals surface area contributed by atoms with Crippen LogP contribution in [0.15, 0.2) is 97.1 Å². The van der Waals surface area contributed by atoms with E-state index in [0.29, 0.717) is 25.9 Å². The molecular formula is C39H42O6. The molecule has 0 aliphatic carbocycles. The monoisotopic (exact) mass is 606 g/mol. The highest BCUT2D eigenvalue weighted by molar-refractivity contribution is 5.52. The molecule has 0 radical (unpaired) electrons. The highest BCUT2D eigenvalue weighted by Crippen LogP contribution is 2.41. The zero-order valence-corrected chi connectivity index (χ0v) is 26.4. The molecule has 234 valence electrons. The Balaban J connectivity index is 1.14. The van der Waals surface area contributed by atoms with Gasteiger partial charge in [0.25, 0.3) is 0 Å². The van der Waals surface area contributed by atoms with E-state index in [9.17, 15) is 0 Å². The van der Waals surface area contributed by atoms with Gasteiger partial charge in [-0.15, -0.1) is 0 Å². The molecule has 0 aromatic heterocycles. The lowest BCUT2D eigenvalue weighted by Gasteiger charge is -2.33. The van der Waals surface area contributed by atoms with Crippen molar-refractivity contribution in [1.29, 1.82) is 0 Å². The topological polar surface area (TPSA) is 65.3 Å². The van der Waals surface area contributed by atoms with E-state index in [2.05, 4.69) is 118 Å². The van der Waals surface area contributed by atoms with Crippen LogP contribution in [0.1, 0.15) is 55.0 Å². The average molecular weight is 607 g/mol. The third-order valence-electron chi connectivity index (χ3n) is 9.41. The fourth-order valence-corrected chi connectivity index (χ4v) is 5.87. The summed E-state index contributed by atoms with van der Waals surface area (Å²) in [5, 5.41) is 0. The molecule has 3 aliphatic rings. The van der Waals surface area contributed by atoms with E-state index in [4.69, 9.17) is 28.4 Å². The lowest BCUT2D eigenvalue weighted by atomic mass is 9.70. The molecule has 3 heterocycles. The molecule has 4 aromatic carbocycles. The normalized spacial score (nSPS) is 21.4. The molecule has 3 fully saturated rings. The highest BCUT2D eigenvalue weighted by atomic mass is 16.6. The minimum Gasteiger partial charge on any atom is -0.493 e. The summed E-state index contributed by atoms with van der Waals surface area (Å²) in [6, 6.07) is 34.6. The molecule has 0 amide bonds. The summed E-state index contributed by atoms with van der Waals surface area (Å²) >= 11 is 0. The molecule has 4 atom stereocenters. The molecule has 4 unspecified atom stereocenters. The molecule has 0 bridgehead atoms. The number of hydrogen-bond donors (Lipinski definition) is 0. The van der Waals surface area contributed by atoms with Gasteiger partial charge >= 0.3 is 0 Å². The minimum absolute atomic E-state index is 0.179. The highest BCUT2D eigenvalue weighted by Gasteiger charge is 2.33. The van der Waals surface area contributed by atoms with Crippen LogP contribution < -0.4 is 14.2 Å². The van der Waals surface area contributed by atoms with E-state index in [-0.39, 0.29) is 17.6 Å². The van der Waals surface area contributed by atoms with Crippen molar-refractivity contribution in [1.82, 2.24) is 0 Å². The summed E-state index contributed by atoms with van der Waals surface area (Å²) in [5.41, 5.74) is 5.52. The third kappa shape index (κ3) is 7.04. The molecule has 3 saturated heterocycles. The second-order valence-corrected chi connectivity index (χ2v) is 13.0. The summed E-state index contributed by atoms with van der Waals surface area (Å²) in [7, 11) is 0. The van der Waals surface area contributed by atoms with E-state index < -0.39 is 5.41 Å². The Morgan fingerprint density at radius 1 is 0.489 bits per heavy atom. The van der Waals surface area contributed by atoms with Gasteiger partial charge in [-0.3, -0.25) is 0 Å². The van der Waals surface area contributed by atoms with Gasteiger partial charge in [0.1, 0.15) is 42.7 Å². The van der Waals surface area contributed by atoms with Crippen LogP contribution in [0.5, 0.6) is 17.2 Å². The number of ether oxygens (including phenoxy) is 6. The van der Waals surface area contributed by atoms with Crippen LogP contribution in [-0.4, -0.2) is 58.0 Å². The van der Waals surface area contributed by atoms with E-state index >= 15 is 0 Å². The predicted molar refractivity (Wildman–Crippen MR) is 174 cm³/mol. The number of hydrogen-bond acceptors (Lipinski definition) is 6. The smallest absolute Gasteiger partial charge is 0.119 e. The summed E-state index contributed by atoms with van der Waals surface area (Å²) in [6.45, 7) is 11.1. The van der Waals surface area contributed by atoms with Gasteiger partial charge in [0.2, 0.25) is 0 Å². The van der Waals surface area contributed by atoms with Crippen LogP contribution >= 0.6 is 0 Å². The van der Waals surface area contributed by atoms with Crippen molar-refractivity contribution in [2.75, 3.05) is 39.6 Å². The largest absolute Gasteiger partial charge is 0.493 e. The van der Waals surface area contributed by atoms with Crippen molar-refractivity contribution in [3.63, 3.8) is 0 Å². The summed E-state index contributed by atoms with van der Waals surface area (Å²) in [5.74, 6) is 2.61. The van der Waals surface area contributed by atoms with Crippen LogP contribution in [0.2, 0.25) is 0 Å². The van der Waals surface area contributed by atoms with Crippen molar-refractivity contribution < 1.29 is 28.4 Å². The lowest BCUT2D eigenvalue weighted by Crippen LogP contribution is -2.26. The Bertz CT molecular complexity index is 1550. The molecule has 6 heteroatoms. The van der Waals surface area contributed by atoms with Crippen molar-refractivity contribution in [3.05, 3.63) is 125 Å². The lowest BCUT2D eigenvalue weighted by molar-refractivity contribution is 0.263. The van der Waals surface area contributed by atoms with Gasteiger partial charge in [0, 0.05) is 17.3 Å². The number of rotatable bonds is 15. The van der Waals surface area contributed by atoms with Gasteiger partial charge in [0.05, 0.1) is 32.5 Å². The first-order valence-corrected chi connectivity index (χ1v) is 16.0. The Hall–Kier alpha value is -3.84. The van der Waals surface area contributed by atoms with Gasteiger partial charge in [0.15, 0.2) is 0 Å². The maximum atomic E-state index is 6.01. The van der Waals surface area contributed by atoms with Crippen molar-refractivity contribution in [3.8, 4) is 17.2 Å². The SMILES string of the molecule is CC(C)(c1ccc(OCC2CO2)cc1)c1ccc(C(C)(c2ccc(OCCC3CO3)cc2)c2ccc(OCC3CO3)cc2)cc1. The van der Waals surface area contributed by atoms with E-state index in [0.717, 1.165) is 43.5 Å². The summed E-state index contributed by atoms with van der Waals surface area (Å²) < 4.78 is 33.7. The molecule has 0 N–H and O–H groups in total. The molecule has 3 aliphatic heterocycles. The maximum Gasteiger partial charge on any atom is 0.119 e. The molecule has 4 aromatic rings. The van der Waals surface area contributed by atoms with E-state index in [1.165, 1.54) is 27.8 Å².